The molecule has 0 aliphatic rings. The summed E-state index contributed by atoms with van der Waals surface area (Å²) in [5.74, 6) is 0. The minimum absolute atomic E-state index is 0.161. The van der Waals surface area contributed by atoms with Crippen LogP contribution in [0.25, 0.3) is 0 Å². The average molecular weight is 215 g/mol. The second-order valence-electron chi connectivity index (χ2n) is 4.23. The van der Waals surface area contributed by atoms with Crippen molar-refractivity contribution < 1.29 is 9.84 Å². The molecule has 0 aromatic rings. The molecule has 0 aliphatic carbocycles. The van der Waals surface area contributed by atoms with E-state index in [0.717, 1.165) is 38.5 Å². The molecule has 2 unspecified atom stereocenters. The lowest BCUT2D eigenvalue weighted by Gasteiger charge is -2.15. The van der Waals surface area contributed by atoms with Crippen LogP contribution >= 0.6 is 0 Å². The number of rotatable bonds is 10. The molecule has 0 bridgehead atoms. The monoisotopic (exact) mass is 215 g/mol. The first kappa shape index (κ1) is 14.9. The van der Waals surface area contributed by atoms with Crippen LogP contribution in [0.3, 0.4) is 0 Å². The summed E-state index contributed by atoms with van der Waals surface area (Å²) in [6, 6.07) is 0. The van der Waals surface area contributed by atoms with E-state index >= 15 is 0 Å². The van der Waals surface area contributed by atoms with Gasteiger partial charge in [0.1, 0.15) is 0 Å². The summed E-state index contributed by atoms with van der Waals surface area (Å²) >= 11 is 0. The Hall–Kier alpha value is -0.0800. The molecule has 0 aromatic carbocycles. The molecule has 0 spiro atoms. The number of unbranched alkanes of at least 4 members (excludes halogenated alkanes) is 1. The van der Waals surface area contributed by atoms with Gasteiger partial charge in [0.15, 0.2) is 0 Å². The Morgan fingerprint density at radius 2 is 1.80 bits per heavy atom. The van der Waals surface area contributed by atoms with Crippen molar-refractivity contribution in [3.63, 3.8) is 0 Å². The van der Waals surface area contributed by atoms with E-state index in [0.29, 0.717) is 6.10 Å². The number of aliphatic hydroxyl groups excluding tert-OH is 1. The Labute approximate surface area is 95.0 Å². The fraction of sp³-hybridized carbons (Fsp3) is 0.923. The molecule has 15 heavy (non-hydrogen) atoms. The van der Waals surface area contributed by atoms with Crippen LogP contribution in [0.5, 0.6) is 0 Å². The first-order valence-corrected chi connectivity index (χ1v) is 6.24. The molecule has 0 aliphatic heterocycles. The van der Waals surface area contributed by atoms with Crippen LogP contribution in [0.2, 0.25) is 0 Å². The van der Waals surface area contributed by atoms with E-state index < -0.39 is 0 Å². The highest BCUT2D eigenvalue weighted by Gasteiger charge is 2.08. The molecule has 91 valence electrons. The van der Waals surface area contributed by atoms with Crippen molar-refractivity contribution in [3.05, 3.63) is 6.92 Å². The van der Waals surface area contributed by atoms with E-state index in [2.05, 4.69) is 13.8 Å². The SMILES string of the molecule is [CH2]CCC(O)CCCC(CCCC)OC. The third kappa shape index (κ3) is 8.88. The molecular formula is C13H27O2. The lowest BCUT2D eigenvalue weighted by atomic mass is 10.0. The van der Waals surface area contributed by atoms with Gasteiger partial charge in [-0.2, -0.15) is 0 Å². The first-order chi connectivity index (χ1) is 7.24. The normalized spacial score (nSPS) is 15.2. The van der Waals surface area contributed by atoms with Crippen LogP contribution in [0, 0.1) is 6.92 Å². The maximum atomic E-state index is 9.53. The van der Waals surface area contributed by atoms with Crippen molar-refractivity contribution in [3.8, 4) is 0 Å². The average Bonchev–Trinajstić information content (AvgIpc) is 2.23. The lowest BCUT2D eigenvalue weighted by molar-refractivity contribution is 0.0771. The van der Waals surface area contributed by atoms with Gasteiger partial charge in [0.05, 0.1) is 12.2 Å². The summed E-state index contributed by atoms with van der Waals surface area (Å²) < 4.78 is 5.40. The highest BCUT2D eigenvalue weighted by molar-refractivity contribution is 4.62. The Bertz CT molecular complexity index is 126. The minimum atomic E-state index is -0.161. The zero-order chi connectivity index (χ0) is 11.5. The Balaban J connectivity index is 3.44. The van der Waals surface area contributed by atoms with Gasteiger partial charge in [0.2, 0.25) is 0 Å². The fourth-order valence-corrected chi connectivity index (χ4v) is 1.77. The van der Waals surface area contributed by atoms with Gasteiger partial charge in [-0.3, -0.25) is 0 Å². The van der Waals surface area contributed by atoms with Gasteiger partial charge in [0.25, 0.3) is 0 Å². The predicted molar refractivity (Wildman–Crippen MR) is 64.8 cm³/mol. The van der Waals surface area contributed by atoms with Crippen LogP contribution in [-0.2, 0) is 4.74 Å². The van der Waals surface area contributed by atoms with Crippen LogP contribution in [0.4, 0.5) is 0 Å². The van der Waals surface area contributed by atoms with Crippen LogP contribution in [-0.4, -0.2) is 24.4 Å². The van der Waals surface area contributed by atoms with Gasteiger partial charge < -0.3 is 9.84 Å². The molecule has 2 heteroatoms. The molecule has 0 aromatic heterocycles. The van der Waals surface area contributed by atoms with Crippen molar-refractivity contribution in [2.45, 2.75) is 70.5 Å². The van der Waals surface area contributed by atoms with E-state index in [1.807, 2.05) is 0 Å². The summed E-state index contributed by atoms with van der Waals surface area (Å²) in [6.45, 7) is 5.94. The topological polar surface area (TPSA) is 29.5 Å². The molecule has 0 amide bonds. The lowest BCUT2D eigenvalue weighted by Crippen LogP contribution is -2.12. The van der Waals surface area contributed by atoms with Crippen molar-refractivity contribution >= 4 is 0 Å². The van der Waals surface area contributed by atoms with E-state index in [-0.39, 0.29) is 6.10 Å². The summed E-state index contributed by atoms with van der Waals surface area (Å²) in [4.78, 5) is 0. The Kier molecular flexibility index (Phi) is 10.4. The van der Waals surface area contributed by atoms with Crippen molar-refractivity contribution in [2.75, 3.05) is 7.11 Å². The molecule has 0 saturated heterocycles. The summed E-state index contributed by atoms with van der Waals surface area (Å²) in [5.41, 5.74) is 0. The predicted octanol–water partition coefficient (Wildman–Crippen LogP) is 3.34. The second kappa shape index (κ2) is 10.4. The van der Waals surface area contributed by atoms with E-state index in [9.17, 15) is 5.11 Å². The zero-order valence-corrected chi connectivity index (χ0v) is 10.4. The summed E-state index contributed by atoms with van der Waals surface area (Å²) in [6.07, 6.45) is 8.51. The second-order valence-corrected chi connectivity index (χ2v) is 4.23. The van der Waals surface area contributed by atoms with Crippen LogP contribution in [0.1, 0.15) is 58.3 Å². The molecule has 1 N–H and O–H groups in total. The molecular weight excluding hydrogens is 188 g/mol. The number of ether oxygens (including phenoxy) is 1. The third-order valence-electron chi connectivity index (χ3n) is 2.81. The van der Waals surface area contributed by atoms with Crippen LogP contribution in [0.15, 0.2) is 0 Å². The van der Waals surface area contributed by atoms with Gasteiger partial charge in [-0.05, 0) is 32.1 Å². The highest BCUT2D eigenvalue weighted by atomic mass is 16.5. The van der Waals surface area contributed by atoms with Gasteiger partial charge >= 0.3 is 0 Å². The molecule has 0 rings (SSSR count). The molecule has 0 saturated carbocycles. The van der Waals surface area contributed by atoms with Gasteiger partial charge in [-0.15, -0.1) is 0 Å². The van der Waals surface area contributed by atoms with Gasteiger partial charge in [-0.1, -0.05) is 33.1 Å². The number of aliphatic hydroxyl groups is 1. The third-order valence-corrected chi connectivity index (χ3v) is 2.81. The maximum Gasteiger partial charge on any atom is 0.0571 e. The van der Waals surface area contributed by atoms with E-state index in [1.165, 1.54) is 12.8 Å². The first-order valence-electron chi connectivity index (χ1n) is 6.24. The molecule has 2 atom stereocenters. The fourth-order valence-electron chi connectivity index (χ4n) is 1.77. The molecule has 0 heterocycles. The summed E-state index contributed by atoms with van der Waals surface area (Å²) in [7, 11) is 1.78. The maximum absolute atomic E-state index is 9.53. The Morgan fingerprint density at radius 3 is 2.33 bits per heavy atom. The summed E-state index contributed by atoms with van der Waals surface area (Å²) in [5, 5.41) is 9.53. The van der Waals surface area contributed by atoms with Crippen molar-refractivity contribution in [1.29, 1.82) is 0 Å². The number of methoxy groups -OCH3 is 1. The quantitative estimate of drug-likeness (QED) is 0.605. The largest absolute Gasteiger partial charge is 0.393 e. The van der Waals surface area contributed by atoms with E-state index in [1.54, 1.807) is 7.11 Å². The minimum Gasteiger partial charge on any atom is -0.393 e. The van der Waals surface area contributed by atoms with E-state index in [4.69, 9.17) is 4.74 Å². The molecule has 1 radical (unpaired) electrons. The van der Waals surface area contributed by atoms with Crippen molar-refractivity contribution in [2.24, 2.45) is 0 Å². The highest BCUT2D eigenvalue weighted by Crippen LogP contribution is 2.14. The zero-order valence-electron chi connectivity index (χ0n) is 10.4. The van der Waals surface area contributed by atoms with Crippen molar-refractivity contribution in [1.82, 2.24) is 0 Å². The van der Waals surface area contributed by atoms with Crippen LogP contribution < -0.4 is 0 Å². The van der Waals surface area contributed by atoms with Gasteiger partial charge in [0, 0.05) is 7.11 Å². The standard InChI is InChI=1S/C13H27O2/c1-4-6-10-13(15-3)11-7-9-12(14)8-5-2/h12-14H,2,4-11H2,1,3H3. The number of hydrogen-bond acceptors (Lipinski definition) is 2. The Morgan fingerprint density at radius 1 is 1.13 bits per heavy atom. The molecule has 2 nitrogen and oxygen atoms in total. The van der Waals surface area contributed by atoms with Gasteiger partial charge in [-0.25, -0.2) is 0 Å². The molecule has 0 fully saturated rings. The smallest absolute Gasteiger partial charge is 0.0571 e. The number of hydrogen-bond donors (Lipinski definition) is 1.